The van der Waals surface area contributed by atoms with Crippen LogP contribution in [-0.2, 0) is 0 Å². The van der Waals surface area contributed by atoms with Crippen LogP contribution < -0.4 is 10.6 Å². The van der Waals surface area contributed by atoms with Crippen molar-refractivity contribution in [2.24, 2.45) is 0 Å². The molecule has 0 unspecified atom stereocenters. The van der Waals surface area contributed by atoms with Crippen LogP contribution in [0.5, 0.6) is 0 Å². The first-order valence-electron chi connectivity index (χ1n) is 4.98. The lowest BCUT2D eigenvalue weighted by molar-refractivity contribution is 0.0952. The quantitative estimate of drug-likeness (QED) is 0.816. The van der Waals surface area contributed by atoms with Gasteiger partial charge in [-0.25, -0.2) is 4.79 Å². The molecular weight excluding hydrogens is 290 g/mol. The average Bonchev–Trinajstić information content (AvgIpc) is 2.70. The molecule has 0 aliphatic rings. The smallest absolute Gasteiger partial charge is 0.316 e. The van der Waals surface area contributed by atoms with Gasteiger partial charge in [0.2, 0.25) is 0 Å². The van der Waals surface area contributed by atoms with Gasteiger partial charge in [0.1, 0.15) is 0 Å². The third kappa shape index (κ3) is 4.10. The van der Waals surface area contributed by atoms with Crippen molar-refractivity contribution in [2.45, 2.75) is 0 Å². The van der Waals surface area contributed by atoms with Crippen molar-refractivity contribution in [3.8, 4) is 0 Å². The number of nitrogens with one attached hydrogen (secondary N) is 2. The van der Waals surface area contributed by atoms with Crippen LogP contribution in [0.4, 0.5) is 4.79 Å². The van der Waals surface area contributed by atoms with Gasteiger partial charge in [0.25, 0.3) is 5.91 Å². The molecule has 0 spiro atoms. The molecule has 94 valence electrons. The highest BCUT2D eigenvalue weighted by Gasteiger charge is 2.11. The highest BCUT2D eigenvalue weighted by molar-refractivity contribution is 9.10. The van der Waals surface area contributed by atoms with E-state index in [0.717, 1.165) is 0 Å². The first-order valence-corrected chi connectivity index (χ1v) is 5.78. The second kappa shape index (κ2) is 6.29. The SMILES string of the molecule is CN(C)C(=O)NCCNC(=O)c1ccoc1Br. The summed E-state index contributed by atoms with van der Waals surface area (Å²) >= 11 is 3.11. The second-order valence-electron chi connectivity index (χ2n) is 3.49. The maximum Gasteiger partial charge on any atom is 0.316 e. The summed E-state index contributed by atoms with van der Waals surface area (Å²) in [6.45, 7) is 0.730. The van der Waals surface area contributed by atoms with E-state index in [9.17, 15) is 9.59 Å². The first kappa shape index (κ1) is 13.6. The Hall–Kier alpha value is -1.50. The zero-order valence-electron chi connectivity index (χ0n) is 9.62. The third-order valence-electron chi connectivity index (χ3n) is 1.96. The van der Waals surface area contributed by atoms with E-state index in [1.54, 1.807) is 20.2 Å². The van der Waals surface area contributed by atoms with E-state index in [1.165, 1.54) is 11.2 Å². The number of urea groups is 1. The molecular formula is C10H14BrN3O3. The normalized spacial score (nSPS) is 9.82. The molecule has 0 saturated carbocycles. The van der Waals surface area contributed by atoms with E-state index < -0.39 is 0 Å². The fourth-order valence-corrected chi connectivity index (χ4v) is 1.47. The van der Waals surface area contributed by atoms with Crippen LogP contribution in [0.2, 0.25) is 0 Å². The molecule has 1 heterocycles. The summed E-state index contributed by atoms with van der Waals surface area (Å²) in [7, 11) is 3.30. The standard InChI is InChI=1S/C10H14BrN3O3/c1-14(2)10(16)13-5-4-12-9(15)7-3-6-17-8(7)11/h3,6H,4-5H2,1-2H3,(H,12,15)(H,13,16). The molecule has 1 rings (SSSR count). The van der Waals surface area contributed by atoms with Gasteiger partial charge in [-0.2, -0.15) is 0 Å². The topological polar surface area (TPSA) is 74.6 Å². The van der Waals surface area contributed by atoms with E-state index in [-0.39, 0.29) is 11.9 Å². The molecule has 0 aromatic carbocycles. The van der Waals surface area contributed by atoms with Gasteiger partial charge in [-0.1, -0.05) is 0 Å². The number of rotatable bonds is 4. The van der Waals surface area contributed by atoms with E-state index in [2.05, 4.69) is 26.6 Å². The van der Waals surface area contributed by atoms with Gasteiger partial charge in [-0.05, 0) is 22.0 Å². The van der Waals surface area contributed by atoms with Gasteiger partial charge in [-0.3, -0.25) is 4.79 Å². The fraction of sp³-hybridized carbons (Fsp3) is 0.400. The molecule has 6 nitrogen and oxygen atoms in total. The van der Waals surface area contributed by atoms with Gasteiger partial charge in [-0.15, -0.1) is 0 Å². The Bertz CT molecular complexity index is 403. The maximum absolute atomic E-state index is 11.6. The number of hydrogen-bond acceptors (Lipinski definition) is 3. The summed E-state index contributed by atoms with van der Waals surface area (Å²) in [6, 6.07) is 1.38. The highest BCUT2D eigenvalue weighted by atomic mass is 79.9. The fourth-order valence-electron chi connectivity index (χ4n) is 1.05. The Morgan fingerprint density at radius 3 is 2.53 bits per heavy atom. The molecule has 17 heavy (non-hydrogen) atoms. The lowest BCUT2D eigenvalue weighted by Gasteiger charge is -2.11. The largest absolute Gasteiger partial charge is 0.457 e. The maximum atomic E-state index is 11.6. The van der Waals surface area contributed by atoms with Crippen LogP contribution in [0.1, 0.15) is 10.4 Å². The van der Waals surface area contributed by atoms with E-state index in [1.807, 2.05) is 0 Å². The zero-order chi connectivity index (χ0) is 12.8. The molecule has 0 radical (unpaired) electrons. The van der Waals surface area contributed by atoms with Crippen molar-refractivity contribution in [2.75, 3.05) is 27.2 Å². The minimum Gasteiger partial charge on any atom is -0.457 e. The van der Waals surface area contributed by atoms with Crippen LogP contribution in [0.25, 0.3) is 0 Å². The summed E-state index contributed by atoms with van der Waals surface area (Å²) in [5.41, 5.74) is 0.434. The number of amides is 3. The molecule has 3 amide bonds. The minimum atomic E-state index is -0.246. The molecule has 0 aliphatic heterocycles. The van der Waals surface area contributed by atoms with Crippen LogP contribution in [0.3, 0.4) is 0 Å². The minimum absolute atomic E-state index is 0.191. The molecule has 0 saturated heterocycles. The lowest BCUT2D eigenvalue weighted by Crippen LogP contribution is -2.39. The molecule has 2 N–H and O–H groups in total. The summed E-state index contributed by atoms with van der Waals surface area (Å²) in [6.07, 6.45) is 1.42. The molecule has 0 bridgehead atoms. The number of hydrogen-bond donors (Lipinski definition) is 2. The third-order valence-corrected chi connectivity index (χ3v) is 2.57. The number of furan rings is 1. The van der Waals surface area contributed by atoms with Crippen molar-refractivity contribution < 1.29 is 14.0 Å². The Kier molecular flexibility index (Phi) is 5.02. The number of carbonyl (C=O) groups excluding carboxylic acids is 2. The average molecular weight is 304 g/mol. The Labute approximate surface area is 107 Å². The van der Waals surface area contributed by atoms with Crippen molar-refractivity contribution in [1.82, 2.24) is 15.5 Å². The predicted molar refractivity (Wildman–Crippen MR) is 65.8 cm³/mol. The van der Waals surface area contributed by atoms with E-state index in [0.29, 0.717) is 23.3 Å². The van der Waals surface area contributed by atoms with E-state index in [4.69, 9.17) is 4.42 Å². The first-order chi connectivity index (χ1) is 8.02. The predicted octanol–water partition coefficient (Wildman–Crippen LogP) is 1.04. The molecule has 7 heteroatoms. The monoisotopic (exact) mass is 303 g/mol. The summed E-state index contributed by atoms with van der Waals surface area (Å²) in [5.74, 6) is -0.246. The number of halogens is 1. The Balaban J connectivity index is 2.26. The Morgan fingerprint density at radius 1 is 1.35 bits per heavy atom. The summed E-state index contributed by atoms with van der Waals surface area (Å²) < 4.78 is 5.34. The van der Waals surface area contributed by atoms with Gasteiger partial charge in [0, 0.05) is 27.2 Å². The van der Waals surface area contributed by atoms with Crippen LogP contribution >= 0.6 is 15.9 Å². The zero-order valence-corrected chi connectivity index (χ0v) is 11.2. The van der Waals surface area contributed by atoms with Crippen molar-refractivity contribution >= 4 is 27.9 Å². The van der Waals surface area contributed by atoms with Crippen LogP contribution in [0, 0.1) is 0 Å². The van der Waals surface area contributed by atoms with Gasteiger partial charge < -0.3 is 20.0 Å². The van der Waals surface area contributed by atoms with Crippen molar-refractivity contribution in [3.05, 3.63) is 22.6 Å². The molecule has 0 atom stereocenters. The van der Waals surface area contributed by atoms with Crippen LogP contribution in [0.15, 0.2) is 21.4 Å². The van der Waals surface area contributed by atoms with Crippen molar-refractivity contribution in [3.63, 3.8) is 0 Å². The number of nitrogens with zero attached hydrogens (tertiary/aromatic N) is 1. The van der Waals surface area contributed by atoms with Crippen LogP contribution in [-0.4, -0.2) is 44.0 Å². The second-order valence-corrected chi connectivity index (χ2v) is 4.21. The summed E-state index contributed by atoms with van der Waals surface area (Å²) in [5, 5.41) is 5.29. The lowest BCUT2D eigenvalue weighted by atomic mass is 10.3. The van der Waals surface area contributed by atoms with Crippen molar-refractivity contribution in [1.29, 1.82) is 0 Å². The molecule has 1 aromatic rings. The molecule has 0 aliphatic carbocycles. The molecule has 0 fully saturated rings. The van der Waals surface area contributed by atoms with E-state index >= 15 is 0 Å². The molecule has 1 aromatic heterocycles. The van der Waals surface area contributed by atoms with Gasteiger partial charge >= 0.3 is 6.03 Å². The van der Waals surface area contributed by atoms with Gasteiger partial charge in [0.05, 0.1) is 11.8 Å². The Morgan fingerprint density at radius 2 is 2.00 bits per heavy atom. The van der Waals surface area contributed by atoms with Gasteiger partial charge in [0.15, 0.2) is 4.67 Å². The highest BCUT2D eigenvalue weighted by Crippen LogP contribution is 2.16. The number of carbonyl (C=O) groups is 2. The summed E-state index contributed by atoms with van der Waals surface area (Å²) in [4.78, 5) is 24.2.